The largest absolute Gasteiger partial charge is 0.467 e. The molecule has 0 saturated heterocycles. The van der Waals surface area contributed by atoms with Crippen molar-refractivity contribution in [3.63, 3.8) is 0 Å². The van der Waals surface area contributed by atoms with Crippen molar-refractivity contribution in [1.82, 2.24) is 0 Å². The number of ether oxygens (including phenoxy) is 1. The Hall–Kier alpha value is -0.610. The quantitative estimate of drug-likeness (QED) is 0.478. The summed E-state index contributed by atoms with van der Waals surface area (Å²) < 4.78 is 4.22. The van der Waals surface area contributed by atoms with Crippen LogP contribution in [0.25, 0.3) is 0 Å². The van der Waals surface area contributed by atoms with Gasteiger partial charge in [0.15, 0.2) is 6.10 Å². The molecule has 9 heavy (non-hydrogen) atoms. The molecule has 0 aromatic carbocycles. The second-order valence-electron chi connectivity index (χ2n) is 1.62. The van der Waals surface area contributed by atoms with Crippen molar-refractivity contribution >= 4 is 5.97 Å². The first-order valence-electron chi connectivity index (χ1n) is 2.68. The fraction of sp³-hybridized carbons (Fsp3) is 0.800. The average Bonchev–Trinajstić information content (AvgIpc) is 1.87. The van der Waals surface area contributed by atoms with Gasteiger partial charge in [0.05, 0.1) is 7.11 Å². The van der Waals surface area contributed by atoms with E-state index < -0.39 is 12.1 Å². The summed E-state index contributed by atoms with van der Waals surface area (Å²) in [5, 5.41) is 8.76. The van der Waals surface area contributed by atoms with Crippen LogP contribution in [0.15, 0.2) is 0 Å². The third-order valence-electron chi connectivity index (χ3n) is 0.913. The van der Waals surface area contributed by atoms with E-state index in [9.17, 15) is 4.79 Å². The highest BCUT2D eigenvalue weighted by Crippen LogP contribution is 1.90. The van der Waals surface area contributed by atoms with Gasteiger partial charge in [-0.05, 0) is 13.0 Å². The van der Waals surface area contributed by atoms with Crippen LogP contribution >= 0.6 is 0 Å². The summed E-state index contributed by atoms with van der Waals surface area (Å²) in [6.07, 6.45) is -0.799. The summed E-state index contributed by atoms with van der Waals surface area (Å²) in [5.41, 5.74) is 5.05. The number of rotatable bonds is 3. The van der Waals surface area contributed by atoms with Crippen molar-refractivity contribution in [1.29, 1.82) is 0 Å². The molecule has 0 aliphatic heterocycles. The van der Waals surface area contributed by atoms with E-state index in [0.29, 0.717) is 0 Å². The molecule has 0 aromatic rings. The second-order valence-corrected chi connectivity index (χ2v) is 1.62. The third-order valence-corrected chi connectivity index (χ3v) is 0.913. The van der Waals surface area contributed by atoms with Crippen LogP contribution in [0.2, 0.25) is 0 Å². The van der Waals surface area contributed by atoms with Crippen LogP contribution in [0.5, 0.6) is 0 Å². The fourth-order valence-corrected chi connectivity index (χ4v) is 0.412. The van der Waals surface area contributed by atoms with Gasteiger partial charge in [0.1, 0.15) is 0 Å². The summed E-state index contributed by atoms with van der Waals surface area (Å²) in [4.78, 5) is 10.4. The summed E-state index contributed by atoms with van der Waals surface area (Å²) in [6.45, 7) is 0.288. The van der Waals surface area contributed by atoms with Crippen LogP contribution in [-0.4, -0.2) is 30.8 Å². The SMILES string of the molecule is COC(=O)C(O)CCN. The molecule has 0 aliphatic rings. The van der Waals surface area contributed by atoms with Gasteiger partial charge in [-0.2, -0.15) is 0 Å². The van der Waals surface area contributed by atoms with Crippen LogP contribution < -0.4 is 5.73 Å². The first-order valence-corrected chi connectivity index (χ1v) is 2.68. The number of carbonyl (C=O) groups excluding carboxylic acids is 1. The number of nitrogens with two attached hydrogens (primary N) is 1. The van der Waals surface area contributed by atoms with Crippen molar-refractivity contribution in [2.24, 2.45) is 5.73 Å². The first-order chi connectivity index (χ1) is 4.22. The van der Waals surface area contributed by atoms with E-state index in [-0.39, 0.29) is 13.0 Å². The molecule has 4 nitrogen and oxygen atoms in total. The Kier molecular flexibility index (Phi) is 4.00. The minimum atomic E-state index is -1.06. The van der Waals surface area contributed by atoms with E-state index in [1.807, 2.05) is 0 Å². The topological polar surface area (TPSA) is 72.5 Å². The van der Waals surface area contributed by atoms with Gasteiger partial charge in [-0.25, -0.2) is 4.79 Å². The molecule has 0 radical (unpaired) electrons. The lowest BCUT2D eigenvalue weighted by Gasteiger charge is -2.04. The Labute approximate surface area is 53.6 Å². The van der Waals surface area contributed by atoms with Gasteiger partial charge in [0.2, 0.25) is 0 Å². The van der Waals surface area contributed by atoms with Crippen molar-refractivity contribution in [2.75, 3.05) is 13.7 Å². The summed E-state index contributed by atoms with van der Waals surface area (Å²) in [7, 11) is 1.22. The van der Waals surface area contributed by atoms with Gasteiger partial charge in [0, 0.05) is 0 Å². The Morgan fingerprint density at radius 1 is 1.89 bits per heavy atom. The number of methoxy groups -OCH3 is 1. The lowest BCUT2D eigenvalue weighted by atomic mass is 10.2. The summed E-state index contributed by atoms with van der Waals surface area (Å²) >= 11 is 0. The Bertz CT molecular complexity index is 94.2. The molecule has 0 saturated carbocycles. The average molecular weight is 133 g/mol. The maximum absolute atomic E-state index is 10.4. The zero-order chi connectivity index (χ0) is 7.28. The number of carbonyl (C=O) groups is 1. The molecular weight excluding hydrogens is 122 g/mol. The normalized spacial score (nSPS) is 12.8. The lowest BCUT2D eigenvalue weighted by Crippen LogP contribution is -2.24. The zero-order valence-corrected chi connectivity index (χ0v) is 5.33. The fourth-order valence-electron chi connectivity index (χ4n) is 0.412. The molecule has 54 valence electrons. The number of hydrogen-bond acceptors (Lipinski definition) is 4. The maximum atomic E-state index is 10.4. The molecule has 0 bridgehead atoms. The van der Waals surface area contributed by atoms with Gasteiger partial charge in [0.25, 0.3) is 0 Å². The van der Waals surface area contributed by atoms with Gasteiger partial charge in [-0.1, -0.05) is 0 Å². The molecule has 1 atom stereocenters. The van der Waals surface area contributed by atoms with Crippen LogP contribution in [0, 0.1) is 0 Å². The van der Waals surface area contributed by atoms with Crippen LogP contribution in [0.1, 0.15) is 6.42 Å². The molecule has 4 heteroatoms. The highest BCUT2D eigenvalue weighted by atomic mass is 16.5. The van der Waals surface area contributed by atoms with E-state index >= 15 is 0 Å². The highest BCUT2D eigenvalue weighted by molar-refractivity contribution is 5.74. The summed E-state index contributed by atoms with van der Waals surface area (Å²) in [5.74, 6) is -0.625. The molecule has 1 unspecified atom stereocenters. The highest BCUT2D eigenvalue weighted by Gasteiger charge is 2.12. The molecule has 0 fully saturated rings. The molecule has 3 N–H and O–H groups in total. The van der Waals surface area contributed by atoms with E-state index in [4.69, 9.17) is 10.8 Å². The standard InChI is InChI=1S/C5H11NO3/c1-9-5(8)4(7)2-3-6/h4,7H,2-3,6H2,1H3. The smallest absolute Gasteiger partial charge is 0.334 e. The number of esters is 1. The molecule has 0 aromatic heterocycles. The molecule has 0 heterocycles. The minimum Gasteiger partial charge on any atom is -0.467 e. The van der Waals surface area contributed by atoms with Crippen LogP contribution in [-0.2, 0) is 9.53 Å². The molecule has 0 rings (SSSR count). The zero-order valence-electron chi connectivity index (χ0n) is 5.33. The molecule has 0 spiro atoms. The third kappa shape index (κ3) is 3.05. The monoisotopic (exact) mass is 133 g/mol. The molecular formula is C5H11NO3. The van der Waals surface area contributed by atoms with Gasteiger partial charge >= 0.3 is 5.97 Å². The van der Waals surface area contributed by atoms with E-state index in [2.05, 4.69) is 4.74 Å². The number of aliphatic hydroxyl groups is 1. The lowest BCUT2D eigenvalue weighted by molar-refractivity contribution is -0.150. The summed E-state index contributed by atoms with van der Waals surface area (Å²) in [6, 6.07) is 0. The van der Waals surface area contributed by atoms with E-state index in [1.165, 1.54) is 7.11 Å². The first kappa shape index (κ1) is 8.39. The maximum Gasteiger partial charge on any atom is 0.334 e. The van der Waals surface area contributed by atoms with Gasteiger partial charge in [-0.3, -0.25) is 0 Å². The van der Waals surface area contributed by atoms with Gasteiger partial charge in [-0.15, -0.1) is 0 Å². The van der Waals surface area contributed by atoms with Crippen molar-refractivity contribution < 1.29 is 14.6 Å². The van der Waals surface area contributed by atoms with Crippen molar-refractivity contribution in [3.8, 4) is 0 Å². The number of hydrogen-bond donors (Lipinski definition) is 2. The van der Waals surface area contributed by atoms with Gasteiger partial charge < -0.3 is 15.6 Å². The van der Waals surface area contributed by atoms with Crippen molar-refractivity contribution in [2.45, 2.75) is 12.5 Å². The number of aliphatic hydroxyl groups excluding tert-OH is 1. The molecule has 0 aliphatic carbocycles. The molecule has 0 amide bonds. The predicted molar refractivity (Wildman–Crippen MR) is 31.7 cm³/mol. The second kappa shape index (κ2) is 4.29. The van der Waals surface area contributed by atoms with Crippen LogP contribution in [0.3, 0.4) is 0 Å². The van der Waals surface area contributed by atoms with E-state index in [1.54, 1.807) is 0 Å². The van der Waals surface area contributed by atoms with Crippen LogP contribution in [0.4, 0.5) is 0 Å². The minimum absolute atomic E-state index is 0.257. The van der Waals surface area contributed by atoms with E-state index in [0.717, 1.165) is 0 Å². The Morgan fingerprint density at radius 3 is 2.78 bits per heavy atom. The predicted octanol–water partition coefficient (Wildman–Crippen LogP) is -1.13. The Morgan fingerprint density at radius 2 is 2.44 bits per heavy atom. The Balaban J connectivity index is 3.45. The van der Waals surface area contributed by atoms with Crippen molar-refractivity contribution in [3.05, 3.63) is 0 Å².